The van der Waals surface area contributed by atoms with E-state index in [4.69, 9.17) is 65.4 Å². The number of pyridine rings is 3. The number of halogens is 4. The molecule has 0 unspecified atom stereocenters. The van der Waals surface area contributed by atoms with Crippen molar-refractivity contribution in [3.63, 3.8) is 0 Å². The molecule has 0 bridgehead atoms. The number of rotatable bonds is 18. The normalized spacial score (nSPS) is 13.3. The molecule has 0 fully saturated rings. The largest absolute Gasteiger partial charge is 0.505 e. The van der Waals surface area contributed by atoms with Crippen LogP contribution in [0.5, 0.6) is 28.7 Å². The average molecular weight is 1480 g/mol. The number of fused-ring (bicyclic) bond motifs is 6. The van der Waals surface area contributed by atoms with E-state index in [0.29, 0.717) is 109 Å². The molecule has 3 aliphatic heterocycles. The zero-order valence-electron chi connectivity index (χ0n) is 54.3. The Morgan fingerprint density at radius 2 is 0.848 bits per heavy atom. The van der Waals surface area contributed by atoms with Gasteiger partial charge in [-0.2, -0.15) is 0 Å². The van der Waals surface area contributed by atoms with Crippen LogP contribution in [0.2, 0.25) is 20.1 Å². The number of benzene rings is 7. The summed E-state index contributed by atoms with van der Waals surface area (Å²) in [4.78, 5) is 56.0. The van der Waals surface area contributed by atoms with Crippen molar-refractivity contribution in [2.75, 3.05) is 67.0 Å². The number of hydrogen-bond acceptors (Lipinski definition) is 17. The van der Waals surface area contributed by atoms with Gasteiger partial charge in [0.2, 0.25) is 30.1 Å². The quantitative estimate of drug-likeness (QED) is 0.0807. The van der Waals surface area contributed by atoms with Gasteiger partial charge < -0.3 is 39.2 Å². The number of carbonyl (C=O) groups excluding carboxylic acids is 3. The molecular formula is C69H63Cl4N9O14S3. The van der Waals surface area contributed by atoms with Gasteiger partial charge in [-0.25, -0.2) is 25.3 Å². The lowest BCUT2D eigenvalue weighted by molar-refractivity contribution is 0.0756. The van der Waals surface area contributed by atoms with Gasteiger partial charge in [-0.15, -0.1) is 0 Å². The number of aromatic nitrogens is 3. The zero-order chi connectivity index (χ0) is 71.2. The van der Waals surface area contributed by atoms with Crippen LogP contribution in [0.3, 0.4) is 0 Å². The van der Waals surface area contributed by atoms with E-state index in [0.717, 1.165) is 51.1 Å². The predicted molar refractivity (Wildman–Crippen MR) is 383 cm³/mol. The molecule has 0 saturated heterocycles. The third-order valence-corrected chi connectivity index (χ3v) is 21.9. The minimum atomic E-state index is -3.66. The van der Waals surface area contributed by atoms with Gasteiger partial charge in [0.25, 0.3) is 17.7 Å². The number of sulfonamides is 3. The van der Waals surface area contributed by atoms with E-state index >= 15 is 0 Å². The molecule has 13 rings (SSSR count). The summed E-state index contributed by atoms with van der Waals surface area (Å²) in [5.74, 6) is 0.826. The maximum atomic E-state index is 13.9. The first-order valence-electron chi connectivity index (χ1n) is 30.1. The average Bonchev–Trinajstić information content (AvgIpc) is 1.67. The lowest BCUT2D eigenvalue weighted by atomic mass is 10.0. The monoisotopic (exact) mass is 1480 g/mol. The smallest absolute Gasteiger partial charge is 0.258 e. The number of nitrogens with one attached hydrogen (secondary N) is 1. The number of aromatic hydroxyl groups is 1. The fourth-order valence-electron chi connectivity index (χ4n) is 11.8. The summed E-state index contributed by atoms with van der Waals surface area (Å²) < 4.78 is 101. The second-order valence-corrected chi connectivity index (χ2v) is 30.9. The molecule has 23 nitrogen and oxygen atoms in total. The highest BCUT2D eigenvalue weighted by Gasteiger charge is 2.40. The summed E-state index contributed by atoms with van der Waals surface area (Å²) in [6.07, 6.45) is 7.99. The number of phenols is 1. The van der Waals surface area contributed by atoms with Gasteiger partial charge >= 0.3 is 0 Å². The summed E-state index contributed by atoms with van der Waals surface area (Å²) in [7, 11) is -3.28. The molecule has 0 saturated carbocycles. The molecular weight excluding hydrogens is 1420 g/mol. The molecule has 6 heterocycles. The molecule has 0 spiro atoms. The number of methoxy groups -OCH3 is 2. The first-order chi connectivity index (χ1) is 47.0. The van der Waals surface area contributed by atoms with Gasteiger partial charge in [-0.1, -0.05) is 82.8 Å². The molecule has 2 N–H and O–H groups in total. The number of carbonyl (C=O) groups is 3. The van der Waals surface area contributed by atoms with Crippen LogP contribution < -0.4 is 37.2 Å². The lowest BCUT2D eigenvalue weighted by Crippen LogP contribution is -2.26. The van der Waals surface area contributed by atoms with Crippen LogP contribution in [0.4, 0.5) is 17.1 Å². The van der Waals surface area contributed by atoms with Gasteiger partial charge in [0.05, 0.1) is 86.8 Å². The van der Waals surface area contributed by atoms with Gasteiger partial charge in [0, 0.05) is 105 Å². The SMILES string of the molecule is CN(c1c2c(c(O)c3ncccc13)C(=O)N(Cc1ccc(Cl)c(Cl)c1)C2)S(C)(=O)=O.COc1ccc(COc2c3c(c(N(C)S(C)(=O)=O)c4cccnc24)CN(Cc2ccc(Cl)c(Cl)c2)C3=O)cc1.COc1ccc(COc2c3c(c(N(C)S(C)(=O)=O)c4cccnc24)CNC3=O)cc1. The van der Waals surface area contributed by atoms with E-state index in [-0.39, 0.29) is 74.6 Å². The maximum absolute atomic E-state index is 13.9. The molecule has 10 aromatic rings. The number of nitrogens with zero attached hydrogens (tertiary/aromatic N) is 8. The minimum Gasteiger partial charge on any atom is -0.505 e. The first kappa shape index (κ1) is 70.9. The molecule has 3 amide bonds. The highest BCUT2D eigenvalue weighted by molar-refractivity contribution is 7.92. The third kappa shape index (κ3) is 14.4. The van der Waals surface area contributed by atoms with Crippen LogP contribution in [0.25, 0.3) is 32.7 Å². The van der Waals surface area contributed by atoms with Crippen molar-refractivity contribution in [3.05, 3.63) is 216 Å². The standard InChI is InChI=1S/C28H25Cl2N3O5S.C21H21N3O5S.C20H17Cl2N3O4S/c1-32(39(3,35)36)26-20-5-4-12-31-25(20)27(38-16-17-6-9-19(37-2)10-7-17)24-21(26)15-33(28(24)34)14-18-8-11-22(29)23(30)13-18;1-24(30(3,26)27)19-15-5-4-10-22-18(15)20(17-16(19)11-23-21(17)25)29-12-13-6-8-14(28-2)9-7-13;1-24(30(2,28)29)18-12-4-3-7-23-17(12)19(26)16-13(18)10-25(20(16)27)9-11-5-6-14(21)15(22)8-11/h4-13H,14-16H2,1-3H3;4-10H,11-12H2,1-3H3,(H,23,25);3-8,26H,9-10H2,1-2H3. The Labute approximate surface area is 591 Å². The van der Waals surface area contributed by atoms with E-state index < -0.39 is 36.0 Å². The van der Waals surface area contributed by atoms with Crippen LogP contribution in [-0.2, 0) is 76.0 Å². The summed E-state index contributed by atoms with van der Waals surface area (Å²) in [6, 6.07) is 35.4. The Kier molecular flexibility index (Phi) is 20.4. The number of amides is 3. The number of ether oxygens (including phenoxy) is 4. The van der Waals surface area contributed by atoms with Crippen molar-refractivity contribution in [2.24, 2.45) is 0 Å². The summed E-state index contributed by atoms with van der Waals surface area (Å²) in [6.45, 7) is 1.37. The Morgan fingerprint density at radius 1 is 0.485 bits per heavy atom. The molecule has 3 aliphatic rings. The topological polar surface area (TPSA) is 278 Å². The fourth-order valence-corrected chi connectivity index (χ4v) is 14.1. The summed E-state index contributed by atoms with van der Waals surface area (Å²) in [5, 5.41) is 16.8. The van der Waals surface area contributed by atoms with Crippen molar-refractivity contribution in [1.82, 2.24) is 30.1 Å². The van der Waals surface area contributed by atoms with Crippen molar-refractivity contribution in [3.8, 4) is 28.7 Å². The van der Waals surface area contributed by atoms with Gasteiger partial charge in [-0.05, 0) is 107 Å². The molecule has 514 valence electrons. The van der Waals surface area contributed by atoms with Crippen molar-refractivity contribution >= 4 is 144 Å². The highest BCUT2D eigenvalue weighted by atomic mass is 35.5. The van der Waals surface area contributed by atoms with Crippen LogP contribution in [0, 0.1) is 0 Å². The summed E-state index contributed by atoms with van der Waals surface area (Å²) >= 11 is 24.3. The van der Waals surface area contributed by atoms with E-state index in [1.807, 2.05) is 48.5 Å². The molecule has 99 heavy (non-hydrogen) atoms. The predicted octanol–water partition coefficient (Wildman–Crippen LogP) is 11.9. The molecule has 30 heteroatoms. The second kappa shape index (κ2) is 28.4. The zero-order valence-corrected chi connectivity index (χ0v) is 59.8. The van der Waals surface area contributed by atoms with E-state index in [1.54, 1.807) is 104 Å². The van der Waals surface area contributed by atoms with Crippen molar-refractivity contribution in [2.45, 2.75) is 45.9 Å². The van der Waals surface area contributed by atoms with Crippen LogP contribution in [0.1, 0.15) is 70.0 Å². The van der Waals surface area contributed by atoms with Crippen molar-refractivity contribution in [1.29, 1.82) is 0 Å². The van der Waals surface area contributed by atoms with E-state index in [2.05, 4.69) is 20.3 Å². The van der Waals surface area contributed by atoms with Crippen molar-refractivity contribution < 1.29 is 63.7 Å². The Bertz CT molecular complexity index is 5270. The second-order valence-electron chi connectivity index (χ2n) is 23.3. The van der Waals surface area contributed by atoms with E-state index in [9.17, 15) is 44.7 Å². The maximum Gasteiger partial charge on any atom is 0.258 e. The Balaban J connectivity index is 0.000000152. The highest BCUT2D eigenvalue weighted by Crippen LogP contribution is 2.48. The van der Waals surface area contributed by atoms with Gasteiger partial charge in [0.15, 0.2) is 17.2 Å². The summed E-state index contributed by atoms with van der Waals surface area (Å²) in [5.41, 5.74) is 7.72. The molecule has 0 atom stereocenters. The molecule has 7 aromatic carbocycles. The molecule has 0 aliphatic carbocycles. The molecule has 3 aromatic heterocycles. The number of hydrogen-bond donors (Lipinski definition) is 2. The van der Waals surface area contributed by atoms with Crippen LogP contribution in [-0.4, -0.2) is 127 Å². The Hall–Kier alpha value is -9.41. The lowest BCUT2D eigenvalue weighted by Gasteiger charge is -2.23. The Morgan fingerprint density at radius 3 is 1.25 bits per heavy atom. The number of phenolic OH excluding ortho intramolecular Hbond substituents is 1. The van der Waals surface area contributed by atoms with E-state index in [1.165, 1.54) is 40.9 Å². The van der Waals surface area contributed by atoms with Crippen LogP contribution in [0.15, 0.2) is 140 Å². The number of anilines is 3. The van der Waals surface area contributed by atoms with Gasteiger partial charge in [-0.3, -0.25) is 42.3 Å². The molecule has 0 radical (unpaired) electrons. The fraction of sp³-hybridized carbons (Fsp3) is 0.217. The minimum absolute atomic E-state index is 0.0618. The third-order valence-electron chi connectivity index (χ3n) is 16.9. The first-order valence-corrected chi connectivity index (χ1v) is 37.1. The van der Waals surface area contributed by atoms with Crippen LogP contribution >= 0.6 is 46.4 Å². The van der Waals surface area contributed by atoms with Gasteiger partial charge in [0.1, 0.15) is 41.3 Å².